The second kappa shape index (κ2) is 5.79. The number of carbonyl (C=O) groups excluding carboxylic acids is 1. The summed E-state index contributed by atoms with van der Waals surface area (Å²) >= 11 is 0. The van der Waals surface area contributed by atoms with Crippen LogP contribution in [0.3, 0.4) is 0 Å². The predicted molar refractivity (Wildman–Crippen MR) is 77.0 cm³/mol. The number of nitrogens with one attached hydrogen (secondary N) is 1. The Balaban J connectivity index is 0.00000162. The summed E-state index contributed by atoms with van der Waals surface area (Å²) in [4.78, 5) is 14.5. The van der Waals surface area contributed by atoms with Crippen LogP contribution in [0.1, 0.15) is 46.5 Å². The fourth-order valence-corrected chi connectivity index (χ4v) is 2.92. The average Bonchev–Trinajstić information content (AvgIpc) is 3.06. The van der Waals surface area contributed by atoms with E-state index in [4.69, 9.17) is 0 Å². The van der Waals surface area contributed by atoms with Gasteiger partial charge in [0.05, 0.1) is 0 Å². The first-order chi connectivity index (χ1) is 7.94. The summed E-state index contributed by atoms with van der Waals surface area (Å²) in [6.07, 6.45) is 4.53. The maximum Gasteiger partial charge on any atom is 0.225 e. The first-order valence-corrected chi connectivity index (χ1v) is 6.94. The van der Waals surface area contributed by atoms with Crippen LogP contribution in [0, 0.1) is 11.3 Å². The molecule has 4 heteroatoms. The van der Waals surface area contributed by atoms with Crippen molar-refractivity contribution < 1.29 is 4.79 Å². The summed E-state index contributed by atoms with van der Waals surface area (Å²) in [5.41, 5.74) is 0.392. The minimum absolute atomic E-state index is 0. The molecule has 1 heterocycles. The Kier molecular flexibility index (Phi) is 5.07. The minimum atomic E-state index is 0. The van der Waals surface area contributed by atoms with Crippen molar-refractivity contribution in [3.05, 3.63) is 0 Å². The van der Waals surface area contributed by atoms with E-state index in [0.717, 1.165) is 19.4 Å². The highest BCUT2D eigenvalue weighted by molar-refractivity contribution is 5.85. The lowest BCUT2D eigenvalue weighted by atomic mass is 9.90. The van der Waals surface area contributed by atoms with Gasteiger partial charge in [-0.25, -0.2) is 0 Å². The molecule has 0 aromatic rings. The van der Waals surface area contributed by atoms with Crippen LogP contribution in [0.25, 0.3) is 0 Å². The van der Waals surface area contributed by atoms with Gasteiger partial charge in [-0.05, 0) is 51.5 Å². The number of hydrogen-bond donors (Lipinski definition) is 1. The molecule has 0 aromatic carbocycles. The quantitative estimate of drug-likeness (QED) is 0.857. The topological polar surface area (TPSA) is 32.3 Å². The van der Waals surface area contributed by atoms with Crippen LogP contribution >= 0.6 is 12.4 Å². The van der Waals surface area contributed by atoms with E-state index < -0.39 is 0 Å². The van der Waals surface area contributed by atoms with Crippen LogP contribution in [0.2, 0.25) is 0 Å². The second-order valence-corrected chi connectivity index (χ2v) is 6.36. The third-order valence-corrected chi connectivity index (χ3v) is 4.95. The van der Waals surface area contributed by atoms with E-state index in [1.165, 1.54) is 12.8 Å². The number of nitrogens with zero attached hydrogens (tertiary/aromatic N) is 1. The Hall–Kier alpha value is -0.280. The highest BCUT2D eigenvalue weighted by Crippen LogP contribution is 2.49. The molecule has 1 unspecified atom stereocenters. The molecule has 3 nitrogen and oxygen atoms in total. The molecule has 2 fully saturated rings. The van der Waals surface area contributed by atoms with Gasteiger partial charge in [0.2, 0.25) is 5.91 Å². The molecule has 1 saturated heterocycles. The van der Waals surface area contributed by atoms with Gasteiger partial charge < -0.3 is 10.2 Å². The number of hydrogen-bond acceptors (Lipinski definition) is 2. The van der Waals surface area contributed by atoms with Crippen molar-refractivity contribution in [3.63, 3.8) is 0 Å². The molecule has 0 spiro atoms. The van der Waals surface area contributed by atoms with Crippen LogP contribution < -0.4 is 5.32 Å². The molecule has 1 N–H and O–H groups in total. The minimum Gasteiger partial charge on any atom is -0.342 e. The van der Waals surface area contributed by atoms with Gasteiger partial charge in [-0.15, -0.1) is 12.4 Å². The molecule has 0 aromatic heterocycles. The summed E-state index contributed by atoms with van der Waals surface area (Å²) in [5.74, 6) is 0.597. The van der Waals surface area contributed by atoms with Crippen molar-refractivity contribution in [2.45, 2.75) is 58.5 Å². The smallest absolute Gasteiger partial charge is 0.225 e. The monoisotopic (exact) mass is 274 g/mol. The highest BCUT2D eigenvalue weighted by Gasteiger charge is 2.46. The number of carbonyl (C=O) groups is 1. The average molecular weight is 275 g/mol. The molecule has 2 aliphatic rings. The first-order valence-electron chi connectivity index (χ1n) is 6.94. The molecular formula is C14H27ClN2O. The van der Waals surface area contributed by atoms with Crippen LogP contribution in [0.4, 0.5) is 0 Å². The van der Waals surface area contributed by atoms with Crippen molar-refractivity contribution in [1.29, 1.82) is 0 Å². The maximum absolute atomic E-state index is 12.5. The zero-order valence-corrected chi connectivity index (χ0v) is 12.8. The van der Waals surface area contributed by atoms with Crippen molar-refractivity contribution in [2.24, 2.45) is 11.3 Å². The van der Waals surface area contributed by atoms with Gasteiger partial charge in [-0.1, -0.05) is 6.92 Å². The standard InChI is InChI=1S/C14H26N2O.ClH/c1-10-9-12(5-8-15-10)13(17)16(4)11(2)14(3)6-7-14;/h10-12,15H,5-9H2,1-4H3;1H/t10-,11?,12-;/m0./s1. The lowest BCUT2D eigenvalue weighted by molar-refractivity contribution is -0.138. The molecule has 3 atom stereocenters. The Labute approximate surface area is 117 Å². The van der Waals surface area contributed by atoms with Gasteiger partial charge in [-0.3, -0.25) is 4.79 Å². The fraction of sp³-hybridized carbons (Fsp3) is 0.929. The van der Waals surface area contributed by atoms with E-state index in [2.05, 4.69) is 26.1 Å². The molecule has 0 radical (unpaired) electrons. The molecule has 1 saturated carbocycles. The van der Waals surface area contributed by atoms with Gasteiger partial charge in [0.1, 0.15) is 0 Å². The van der Waals surface area contributed by atoms with Crippen LogP contribution in [0.5, 0.6) is 0 Å². The molecule has 1 aliphatic carbocycles. The third kappa shape index (κ3) is 3.18. The molecule has 2 rings (SSSR count). The Morgan fingerprint density at radius 3 is 2.56 bits per heavy atom. The summed E-state index contributed by atoms with van der Waals surface area (Å²) in [7, 11) is 1.99. The zero-order valence-electron chi connectivity index (χ0n) is 12.0. The summed E-state index contributed by atoms with van der Waals surface area (Å²) in [6, 6.07) is 0.873. The van der Waals surface area contributed by atoms with E-state index in [0.29, 0.717) is 23.4 Å². The summed E-state index contributed by atoms with van der Waals surface area (Å²) in [5, 5.41) is 3.41. The Morgan fingerprint density at radius 2 is 2.06 bits per heavy atom. The van der Waals surface area contributed by atoms with Crippen LogP contribution in [-0.4, -0.2) is 36.5 Å². The van der Waals surface area contributed by atoms with Gasteiger partial charge in [-0.2, -0.15) is 0 Å². The normalized spacial score (nSPS) is 31.1. The van der Waals surface area contributed by atoms with E-state index in [9.17, 15) is 4.79 Å². The van der Waals surface area contributed by atoms with Crippen molar-refractivity contribution in [2.75, 3.05) is 13.6 Å². The number of piperidine rings is 1. The van der Waals surface area contributed by atoms with Gasteiger partial charge in [0.25, 0.3) is 0 Å². The Morgan fingerprint density at radius 1 is 1.44 bits per heavy atom. The fourth-order valence-electron chi connectivity index (χ4n) is 2.92. The lowest BCUT2D eigenvalue weighted by Gasteiger charge is -2.35. The number of rotatable bonds is 3. The predicted octanol–water partition coefficient (Wildman–Crippen LogP) is 2.44. The summed E-state index contributed by atoms with van der Waals surface area (Å²) < 4.78 is 0. The van der Waals surface area contributed by atoms with E-state index in [1.54, 1.807) is 0 Å². The first kappa shape index (κ1) is 15.8. The second-order valence-electron chi connectivity index (χ2n) is 6.36. The van der Waals surface area contributed by atoms with Crippen molar-refractivity contribution >= 4 is 18.3 Å². The maximum atomic E-state index is 12.5. The lowest BCUT2D eigenvalue weighted by Crippen LogP contribution is -2.47. The molecule has 106 valence electrons. The molecule has 0 bridgehead atoms. The Bertz CT molecular complexity index is 304. The van der Waals surface area contributed by atoms with Crippen molar-refractivity contribution in [1.82, 2.24) is 10.2 Å². The van der Waals surface area contributed by atoms with Gasteiger partial charge in [0.15, 0.2) is 0 Å². The van der Waals surface area contributed by atoms with Gasteiger partial charge >= 0.3 is 0 Å². The third-order valence-electron chi connectivity index (χ3n) is 4.95. The number of amides is 1. The van der Waals surface area contributed by atoms with E-state index >= 15 is 0 Å². The molecular weight excluding hydrogens is 248 g/mol. The van der Waals surface area contributed by atoms with Crippen LogP contribution in [0.15, 0.2) is 0 Å². The van der Waals surface area contributed by atoms with E-state index in [1.807, 2.05) is 11.9 Å². The van der Waals surface area contributed by atoms with E-state index in [-0.39, 0.29) is 18.3 Å². The SMILES string of the molecule is CC(N(C)C(=O)[C@H]1CCN[C@@H](C)C1)C1(C)CC1.Cl. The molecule has 1 amide bonds. The zero-order chi connectivity index (χ0) is 12.6. The molecule has 1 aliphatic heterocycles. The van der Waals surface area contributed by atoms with Crippen molar-refractivity contribution in [3.8, 4) is 0 Å². The van der Waals surface area contributed by atoms with Crippen LogP contribution in [-0.2, 0) is 4.79 Å². The largest absolute Gasteiger partial charge is 0.342 e. The summed E-state index contributed by atoms with van der Waals surface area (Å²) in [6.45, 7) is 7.66. The van der Waals surface area contributed by atoms with Gasteiger partial charge in [0, 0.05) is 25.0 Å². The highest BCUT2D eigenvalue weighted by atomic mass is 35.5. The number of halogens is 1. The molecule has 18 heavy (non-hydrogen) atoms.